The Morgan fingerprint density at radius 2 is 2.00 bits per heavy atom. The molecule has 0 atom stereocenters. The van der Waals surface area contributed by atoms with Crippen molar-refractivity contribution in [2.24, 2.45) is 5.73 Å². The molecule has 0 radical (unpaired) electrons. The van der Waals surface area contributed by atoms with E-state index in [1.807, 2.05) is 42.5 Å². The summed E-state index contributed by atoms with van der Waals surface area (Å²) in [5.41, 5.74) is 9.11. The van der Waals surface area contributed by atoms with Crippen LogP contribution in [-0.2, 0) is 13.0 Å². The molecule has 0 aliphatic carbocycles. The highest BCUT2D eigenvalue weighted by Gasteiger charge is 2.15. The van der Waals surface area contributed by atoms with E-state index in [9.17, 15) is 4.79 Å². The van der Waals surface area contributed by atoms with Crippen molar-refractivity contribution >= 4 is 5.78 Å². The molecule has 2 aromatic rings. The van der Waals surface area contributed by atoms with Crippen molar-refractivity contribution in [2.45, 2.75) is 19.4 Å². The number of ketones is 1. The fourth-order valence-corrected chi connectivity index (χ4v) is 2.51. The first-order chi connectivity index (χ1) is 9.78. The molecule has 0 bridgehead atoms. The van der Waals surface area contributed by atoms with E-state index in [4.69, 9.17) is 10.5 Å². The number of carbonyl (C=O) groups excluding carboxylic acids is 1. The van der Waals surface area contributed by atoms with Gasteiger partial charge in [0.05, 0.1) is 6.61 Å². The molecule has 3 heteroatoms. The summed E-state index contributed by atoms with van der Waals surface area (Å²) in [6.07, 6.45) is 1.98. The van der Waals surface area contributed by atoms with Gasteiger partial charge in [-0.3, -0.25) is 4.79 Å². The monoisotopic (exact) mass is 267 g/mol. The molecule has 0 saturated carbocycles. The summed E-state index contributed by atoms with van der Waals surface area (Å²) in [7, 11) is 0. The van der Waals surface area contributed by atoms with Crippen LogP contribution >= 0.6 is 0 Å². The van der Waals surface area contributed by atoms with E-state index >= 15 is 0 Å². The number of nitrogens with two attached hydrogens (primary N) is 1. The van der Waals surface area contributed by atoms with Gasteiger partial charge in [0.1, 0.15) is 5.75 Å². The quantitative estimate of drug-likeness (QED) is 0.870. The minimum Gasteiger partial charge on any atom is -0.493 e. The van der Waals surface area contributed by atoms with E-state index in [0.29, 0.717) is 17.7 Å². The van der Waals surface area contributed by atoms with Gasteiger partial charge in [0.15, 0.2) is 5.78 Å². The van der Waals surface area contributed by atoms with Gasteiger partial charge in [-0.15, -0.1) is 0 Å². The first kappa shape index (κ1) is 12.9. The maximum Gasteiger partial charge on any atom is 0.193 e. The highest BCUT2D eigenvalue weighted by atomic mass is 16.5. The zero-order chi connectivity index (χ0) is 13.9. The van der Waals surface area contributed by atoms with Gasteiger partial charge in [-0.25, -0.2) is 0 Å². The number of benzene rings is 2. The van der Waals surface area contributed by atoms with Crippen LogP contribution in [0.25, 0.3) is 0 Å². The van der Waals surface area contributed by atoms with Crippen LogP contribution in [-0.4, -0.2) is 12.4 Å². The van der Waals surface area contributed by atoms with E-state index in [1.54, 1.807) is 0 Å². The van der Waals surface area contributed by atoms with Gasteiger partial charge in [-0.2, -0.15) is 0 Å². The van der Waals surface area contributed by atoms with Crippen LogP contribution in [0.4, 0.5) is 0 Å². The minimum atomic E-state index is 0.0358. The predicted molar refractivity (Wildman–Crippen MR) is 78.0 cm³/mol. The van der Waals surface area contributed by atoms with Gasteiger partial charge in [0.2, 0.25) is 0 Å². The Balaban J connectivity index is 1.93. The second-order valence-electron chi connectivity index (χ2n) is 5.01. The lowest BCUT2D eigenvalue weighted by Gasteiger charge is -2.17. The number of rotatable bonds is 3. The summed E-state index contributed by atoms with van der Waals surface area (Å²) in [6, 6.07) is 13.2. The number of hydrogen-bond acceptors (Lipinski definition) is 3. The van der Waals surface area contributed by atoms with Crippen LogP contribution < -0.4 is 10.5 Å². The van der Waals surface area contributed by atoms with Crippen molar-refractivity contribution in [2.75, 3.05) is 6.61 Å². The average Bonchev–Trinajstić information content (AvgIpc) is 2.53. The molecule has 0 saturated heterocycles. The molecule has 1 aliphatic heterocycles. The first-order valence-corrected chi connectivity index (χ1v) is 6.87. The third-order valence-corrected chi connectivity index (χ3v) is 3.60. The highest BCUT2D eigenvalue weighted by molar-refractivity contribution is 6.09. The first-order valence-electron chi connectivity index (χ1n) is 6.87. The Morgan fingerprint density at radius 1 is 1.15 bits per heavy atom. The maximum atomic E-state index is 12.5. The molecular weight excluding hydrogens is 250 g/mol. The van der Waals surface area contributed by atoms with Crippen molar-refractivity contribution in [1.82, 2.24) is 0 Å². The summed E-state index contributed by atoms with van der Waals surface area (Å²) in [5, 5.41) is 0. The zero-order valence-electron chi connectivity index (χ0n) is 11.3. The topological polar surface area (TPSA) is 52.3 Å². The molecule has 2 aromatic carbocycles. The van der Waals surface area contributed by atoms with Gasteiger partial charge in [0.25, 0.3) is 0 Å². The number of ether oxygens (including phenoxy) is 1. The van der Waals surface area contributed by atoms with Crippen molar-refractivity contribution in [1.29, 1.82) is 0 Å². The van der Waals surface area contributed by atoms with Gasteiger partial charge >= 0.3 is 0 Å². The third-order valence-electron chi connectivity index (χ3n) is 3.60. The smallest absolute Gasteiger partial charge is 0.193 e. The molecule has 1 aliphatic rings. The molecule has 3 nitrogen and oxygen atoms in total. The number of hydrogen-bond donors (Lipinski definition) is 1. The molecule has 2 N–H and O–H groups in total. The van der Waals surface area contributed by atoms with Gasteiger partial charge in [0, 0.05) is 17.7 Å². The third kappa shape index (κ3) is 2.45. The molecular formula is C17H17NO2. The molecule has 0 aromatic heterocycles. The normalized spacial score (nSPS) is 13.4. The Bertz CT molecular complexity index is 649. The zero-order valence-corrected chi connectivity index (χ0v) is 11.3. The summed E-state index contributed by atoms with van der Waals surface area (Å²) in [4.78, 5) is 12.5. The van der Waals surface area contributed by atoms with Crippen LogP contribution in [0.3, 0.4) is 0 Å². The Morgan fingerprint density at radius 3 is 2.85 bits per heavy atom. The molecule has 0 spiro atoms. The predicted octanol–water partition coefficient (Wildman–Crippen LogP) is 2.70. The summed E-state index contributed by atoms with van der Waals surface area (Å²) < 4.78 is 5.57. The van der Waals surface area contributed by atoms with Crippen molar-refractivity contribution in [3.63, 3.8) is 0 Å². The average molecular weight is 267 g/mol. The lowest BCUT2D eigenvalue weighted by atomic mass is 9.97. The fraction of sp³-hybridized carbons (Fsp3) is 0.235. The lowest BCUT2D eigenvalue weighted by Crippen LogP contribution is -2.10. The highest BCUT2D eigenvalue weighted by Crippen LogP contribution is 2.26. The van der Waals surface area contributed by atoms with E-state index in [2.05, 4.69) is 0 Å². The molecule has 0 amide bonds. The molecule has 20 heavy (non-hydrogen) atoms. The van der Waals surface area contributed by atoms with Crippen molar-refractivity contribution < 1.29 is 9.53 Å². The van der Waals surface area contributed by atoms with E-state index in [-0.39, 0.29) is 5.78 Å². The molecule has 102 valence electrons. The second kappa shape index (κ2) is 5.47. The van der Waals surface area contributed by atoms with E-state index in [1.165, 1.54) is 0 Å². The number of aryl methyl sites for hydroxylation is 1. The Hall–Kier alpha value is -2.13. The van der Waals surface area contributed by atoms with Crippen molar-refractivity contribution in [3.05, 3.63) is 64.7 Å². The minimum absolute atomic E-state index is 0.0358. The van der Waals surface area contributed by atoms with Crippen LogP contribution in [0, 0.1) is 0 Å². The maximum absolute atomic E-state index is 12.5. The molecule has 1 heterocycles. The lowest BCUT2D eigenvalue weighted by molar-refractivity contribution is 0.103. The molecule has 0 unspecified atom stereocenters. The van der Waals surface area contributed by atoms with Crippen LogP contribution in [0.1, 0.15) is 33.5 Å². The van der Waals surface area contributed by atoms with Gasteiger partial charge < -0.3 is 10.5 Å². The standard InChI is InChI=1S/C17H17NO2/c18-11-12-3-1-4-14(9-12)17(19)15-6-7-16-13(10-15)5-2-8-20-16/h1,3-4,6-7,9-10H,2,5,8,11,18H2. The van der Waals surface area contributed by atoms with Crippen molar-refractivity contribution in [3.8, 4) is 5.75 Å². The van der Waals surface area contributed by atoms with E-state index in [0.717, 1.165) is 36.3 Å². The van der Waals surface area contributed by atoms with Gasteiger partial charge in [-0.1, -0.05) is 18.2 Å². The summed E-state index contributed by atoms with van der Waals surface area (Å²) >= 11 is 0. The Kier molecular flexibility index (Phi) is 3.52. The number of fused-ring (bicyclic) bond motifs is 1. The Labute approximate surface area is 118 Å². The second-order valence-corrected chi connectivity index (χ2v) is 5.01. The summed E-state index contributed by atoms with van der Waals surface area (Å²) in [5.74, 6) is 0.942. The van der Waals surface area contributed by atoms with Crippen LogP contribution in [0.15, 0.2) is 42.5 Å². The fourth-order valence-electron chi connectivity index (χ4n) is 2.51. The number of carbonyl (C=O) groups is 1. The SMILES string of the molecule is NCc1cccc(C(=O)c2ccc3c(c2)CCCO3)c1. The largest absolute Gasteiger partial charge is 0.493 e. The van der Waals surface area contributed by atoms with Gasteiger partial charge in [-0.05, 0) is 48.2 Å². The molecule has 0 fully saturated rings. The van der Waals surface area contributed by atoms with Crippen LogP contribution in [0.2, 0.25) is 0 Å². The molecule has 3 rings (SSSR count). The van der Waals surface area contributed by atoms with Crippen LogP contribution in [0.5, 0.6) is 5.75 Å². The summed E-state index contributed by atoms with van der Waals surface area (Å²) in [6.45, 7) is 1.21. The van der Waals surface area contributed by atoms with E-state index < -0.39 is 0 Å².